The van der Waals surface area contributed by atoms with Crippen LogP contribution < -0.4 is 9.80 Å². The van der Waals surface area contributed by atoms with Gasteiger partial charge in [0, 0.05) is 47.2 Å². The Labute approximate surface area is 396 Å². The molecule has 0 radical (unpaired) electrons. The third-order valence-corrected chi connectivity index (χ3v) is 11.4. The van der Waals surface area contributed by atoms with Crippen LogP contribution in [-0.4, -0.2) is 24.9 Å². The van der Waals surface area contributed by atoms with E-state index >= 15 is 0 Å². The van der Waals surface area contributed by atoms with Gasteiger partial charge in [0.25, 0.3) is 0 Å². The third kappa shape index (κ3) is 23.0. The molecule has 9 heteroatoms. The van der Waals surface area contributed by atoms with Gasteiger partial charge >= 0.3 is 21.7 Å². The fourth-order valence-corrected chi connectivity index (χ4v) is 7.54. The van der Waals surface area contributed by atoms with Crippen molar-refractivity contribution in [1.82, 2.24) is 0 Å². The number of amides is 2. The van der Waals surface area contributed by atoms with E-state index in [1.807, 2.05) is 65.8 Å². The van der Waals surface area contributed by atoms with Crippen molar-refractivity contribution in [1.29, 1.82) is 0 Å². The maximum absolute atomic E-state index is 14.4. The van der Waals surface area contributed by atoms with Crippen LogP contribution in [0.2, 0.25) is 0 Å². The van der Waals surface area contributed by atoms with E-state index in [2.05, 4.69) is 64.1 Å². The molecular weight excluding hydrogens is 832 g/mol. The predicted octanol–water partition coefficient (Wildman–Crippen LogP) is 15.7. The smallest absolute Gasteiger partial charge is 0.363 e. The summed E-state index contributed by atoms with van der Waals surface area (Å²) in [5.41, 5.74) is -0.904. The van der Waals surface area contributed by atoms with Crippen LogP contribution in [0.1, 0.15) is 172 Å². The second kappa shape index (κ2) is 33.3. The Kier molecular flexibility index (Phi) is 31.6. The summed E-state index contributed by atoms with van der Waals surface area (Å²) in [6.07, 6.45) is 33.8. The molecule has 2 unspecified atom stereocenters. The number of carbonyl (C=O) groups excluding carboxylic acids is 2. The van der Waals surface area contributed by atoms with Crippen molar-refractivity contribution in [2.45, 2.75) is 172 Å². The van der Waals surface area contributed by atoms with Gasteiger partial charge in [-0.15, -0.1) is 49.2 Å². The number of hydrogen-bond acceptors (Lipinski definition) is 2. The molecule has 0 fully saturated rings. The van der Waals surface area contributed by atoms with Crippen LogP contribution in [0.3, 0.4) is 0 Å². The van der Waals surface area contributed by atoms with E-state index < -0.39 is 34.1 Å². The SMILES string of the molecule is CCCCC(CC)CCN(C(=O)C(C)(C)CCC)c1ccc(F)[c-]c1F.CCCCC(CC)CCN(C(=O)C(C)(C)CCC)c1ccc(F)[c-]c1F.[C-]1=CC=CC1.[C-]1=CC=CC1.[Ti+4]. The van der Waals surface area contributed by atoms with E-state index in [0.717, 1.165) is 103 Å². The van der Waals surface area contributed by atoms with Crippen molar-refractivity contribution >= 4 is 23.2 Å². The molecule has 4 nitrogen and oxygen atoms in total. The maximum atomic E-state index is 14.4. The molecule has 2 amide bonds. The largest absolute Gasteiger partial charge is 4.00 e. The molecule has 2 aromatic carbocycles. The van der Waals surface area contributed by atoms with Gasteiger partial charge in [-0.2, -0.15) is 12.2 Å². The second-order valence-electron chi connectivity index (χ2n) is 17.6. The van der Waals surface area contributed by atoms with E-state index in [9.17, 15) is 27.2 Å². The molecule has 2 atom stereocenters. The summed E-state index contributed by atoms with van der Waals surface area (Å²) in [6.45, 7) is 21.2. The minimum Gasteiger partial charge on any atom is -0.363 e. The molecule has 348 valence electrons. The van der Waals surface area contributed by atoms with Gasteiger partial charge in [-0.3, -0.25) is 21.7 Å². The Balaban J connectivity index is 0.000000978. The molecule has 0 aromatic heterocycles. The zero-order valence-electron chi connectivity index (χ0n) is 40.4. The molecule has 0 aliphatic heterocycles. The Bertz CT molecular complexity index is 1560. The summed E-state index contributed by atoms with van der Waals surface area (Å²) in [5.74, 6) is -2.30. The van der Waals surface area contributed by atoms with E-state index in [-0.39, 0.29) is 44.9 Å². The zero-order valence-corrected chi connectivity index (χ0v) is 41.9. The molecule has 4 rings (SSSR count). The first-order chi connectivity index (χ1) is 29.5. The van der Waals surface area contributed by atoms with Crippen LogP contribution in [0.15, 0.2) is 60.7 Å². The van der Waals surface area contributed by atoms with Crippen LogP contribution in [-0.2, 0) is 31.3 Å². The van der Waals surface area contributed by atoms with Crippen molar-refractivity contribution in [3.8, 4) is 0 Å². The quantitative estimate of drug-likeness (QED) is 0.0671. The molecule has 0 saturated heterocycles. The molecular formula is C54H78F4N2O2Ti. The van der Waals surface area contributed by atoms with Crippen LogP contribution in [0, 0.1) is 70.2 Å². The molecule has 63 heavy (non-hydrogen) atoms. The molecule has 2 aliphatic rings. The summed E-state index contributed by atoms with van der Waals surface area (Å²) >= 11 is 0. The minimum atomic E-state index is -0.799. The summed E-state index contributed by atoms with van der Waals surface area (Å²) in [4.78, 5) is 29.3. The Morgan fingerprint density at radius 2 is 0.952 bits per heavy atom. The topological polar surface area (TPSA) is 40.6 Å². The van der Waals surface area contributed by atoms with Crippen LogP contribution in [0.4, 0.5) is 28.9 Å². The monoisotopic (exact) mass is 911 g/mol. The van der Waals surface area contributed by atoms with E-state index in [4.69, 9.17) is 0 Å². The first kappa shape index (κ1) is 59.8. The van der Waals surface area contributed by atoms with Crippen molar-refractivity contribution in [2.24, 2.45) is 22.7 Å². The average Bonchev–Trinajstić information content (AvgIpc) is 4.03. The summed E-state index contributed by atoms with van der Waals surface area (Å²) in [7, 11) is 0. The summed E-state index contributed by atoms with van der Waals surface area (Å²) in [6, 6.07) is 9.18. The fraction of sp³-hybridized carbons (Fsp3) is 0.593. The van der Waals surface area contributed by atoms with E-state index in [0.29, 0.717) is 24.9 Å². The first-order valence-electron chi connectivity index (χ1n) is 23.3. The van der Waals surface area contributed by atoms with Gasteiger partial charge in [0.2, 0.25) is 11.8 Å². The van der Waals surface area contributed by atoms with E-state index in [1.54, 1.807) is 0 Å². The van der Waals surface area contributed by atoms with Crippen LogP contribution in [0.5, 0.6) is 0 Å². The zero-order chi connectivity index (χ0) is 46.6. The van der Waals surface area contributed by atoms with Crippen molar-refractivity contribution in [2.75, 3.05) is 22.9 Å². The minimum absolute atomic E-state index is 0. The summed E-state index contributed by atoms with van der Waals surface area (Å²) < 4.78 is 55.3. The average molecular weight is 911 g/mol. The second-order valence-corrected chi connectivity index (χ2v) is 17.6. The molecule has 2 aliphatic carbocycles. The van der Waals surface area contributed by atoms with Crippen LogP contribution in [0.25, 0.3) is 0 Å². The van der Waals surface area contributed by atoms with Crippen molar-refractivity contribution in [3.63, 3.8) is 0 Å². The molecule has 2 aromatic rings. The predicted molar refractivity (Wildman–Crippen MR) is 251 cm³/mol. The number of halogens is 4. The molecule has 0 bridgehead atoms. The Morgan fingerprint density at radius 3 is 1.19 bits per heavy atom. The Morgan fingerprint density at radius 1 is 0.587 bits per heavy atom. The molecule has 0 saturated carbocycles. The number of nitrogens with zero attached hydrogens (tertiary/aromatic N) is 2. The maximum Gasteiger partial charge on any atom is 4.00 e. The first-order valence-corrected chi connectivity index (χ1v) is 23.3. The molecule has 0 N–H and O–H groups in total. The van der Waals surface area contributed by atoms with E-state index in [1.165, 1.54) is 34.1 Å². The van der Waals surface area contributed by atoms with Gasteiger partial charge in [-0.05, 0) is 48.9 Å². The standard InChI is InChI=1S/2C22H34F2NO.2C5H5.Ti/c2*1-6-9-10-17(8-3)13-15-25(21(26)22(4,5)14-7-2)20-12-11-18(23)16-19(20)24;2*1-2-4-5-3-1;/h2*11-12,17H,6-10,13-15H2,1-5H3;2*1-3H,4H2;/q4*-1;+4. The third-order valence-electron chi connectivity index (χ3n) is 11.4. The molecule has 0 spiro atoms. The number of hydrogen-bond donors (Lipinski definition) is 0. The number of unbranched alkanes of at least 4 members (excludes halogenated alkanes) is 2. The van der Waals surface area contributed by atoms with Crippen LogP contribution >= 0.6 is 0 Å². The normalized spacial score (nSPS) is 13.4. The van der Waals surface area contributed by atoms with Gasteiger partial charge < -0.3 is 9.80 Å². The van der Waals surface area contributed by atoms with Crippen molar-refractivity contribution < 1.29 is 48.9 Å². The summed E-state index contributed by atoms with van der Waals surface area (Å²) in [5, 5.41) is 0. The number of carbonyl (C=O) groups is 2. The van der Waals surface area contributed by atoms with Gasteiger partial charge in [-0.25, -0.2) is 41.9 Å². The fourth-order valence-electron chi connectivity index (χ4n) is 7.54. The number of allylic oxidation sites excluding steroid dienone is 8. The number of rotatable bonds is 22. The van der Waals surface area contributed by atoms with Gasteiger partial charge in [0.05, 0.1) is 0 Å². The van der Waals surface area contributed by atoms with Crippen molar-refractivity contribution in [3.05, 3.63) is 108 Å². The number of anilines is 2. The molecule has 0 heterocycles. The van der Waals surface area contributed by atoms with Gasteiger partial charge in [0.15, 0.2) is 0 Å². The van der Waals surface area contributed by atoms with Gasteiger partial charge in [0.1, 0.15) is 0 Å². The Hall–Kier alpha value is -3.23. The van der Waals surface area contributed by atoms with Gasteiger partial charge in [-0.1, -0.05) is 133 Å². The number of benzene rings is 2.